The van der Waals surface area contributed by atoms with E-state index < -0.39 is 0 Å². The molecule has 0 radical (unpaired) electrons. The van der Waals surface area contributed by atoms with E-state index in [1.165, 1.54) is 0 Å². The molecule has 0 aliphatic rings. The van der Waals surface area contributed by atoms with Crippen LogP contribution in [-0.2, 0) is 6.42 Å². The Labute approximate surface area is 145 Å². The van der Waals surface area contributed by atoms with Crippen molar-refractivity contribution in [1.82, 2.24) is 20.1 Å². The summed E-state index contributed by atoms with van der Waals surface area (Å²) in [4.78, 5) is 17.1. The molecule has 1 unspecified atom stereocenters. The van der Waals surface area contributed by atoms with Crippen molar-refractivity contribution < 1.29 is 4.79 Å². The maximum absolute atomic E-state index is 12.6. The maximum Gasteiger partial charge on any atom is 0.255 e. The zero-order valence-electron chi connectivity index (χ0n) is 14.0. The lowest BCUT2D eigenvalue weighted by molar-refractivity contribution is 0.0938. The monoisotopic (exact) mass is 340 g/mol. The third kappa shape index (κ3) is 3.38. The summed E-state index contributed by atoms with van der Waals surface area (Å²) >= 11 is 1.63. The maximum atomic E-state index is 12.6. The largest absolute Gasteiger partial charge is 0.344 e. The van der Waals surface area contributed by atoms with Crippen LogP contribution in [0.4, 0.5) is 0 Å². The van der Waals surface area contributed by atoms with E-state index in [1.54, 1.807) is 22.2 Å². The zero-order valence-corrected chi connectivity index (χ0v) is 14.8. The molecule has 124 valence electrons. The Morgan fingerprint density at radius 2 is 2.08 bits per heavy atom. The Morgan fingerprint density at radius 1 is 1.33 bits per heavy atom. The first-order chi connectivity index (χ1) is 11.6. The quantitative estimate of drug-likeness (QED) is 0.770. The van der Waals surface area contributed by atoms with E-state index in [0.717, 1.165) is 22.8 Å². The summed E-state index contributed by atoms with van der Waals surface area (Å²) in [5.41, 5.74) is 3.12. The van der Waals surface area contributed by atoms with Gasteiger partial charge in [-0.2, -0.15) is 5.10 Å². The molecule has 0 spiro atoms. The van der Waals surface area contributed by atoms with E-state index in [0.29, 0.717) is 11.3 Å². The lowest BCUT2D eigenvalue weighted by Gasteiger charge is -2.11. The Morgan fingerprint density at radius 3 is 2.75 bits per heavy atom. The molecule has 3 rings (SSSR count). The molecule has 1 aromatic carbocycles. The molecule has 0 aliphatic carbocycles. The van der Waals surface area contributed by atoms with Crippen molar-refractivity contribution in [2.45, 2.75) is 33.2 Å². The van der Waals surface area contributed by atoms with Crippen molar-refractivity contribution in [1.29, 1.82) is 0 Å². The van der Waals surface area contributed by atoms with Crippen molar-refractivity contribution in [3.05, 3.63) is 63.9 Å². The summed E-state index contributed by atoms with van der Waals surface area (Å²) in [6.07, 6.45) is 2.68. The number of nitrogens with one attached hydrogen (secondary N) is 1. The number of carbonyl (C=O) groups excluding carboxylic acids is 1. The van der Waals surface area contributed by atoms with E-state index in [2.05, 4.69) is 22.3 Å². The summed E-state index contributed by atoms with van der Waals surface area (Å²) in [5.74, 6) is -0.131. The Kier molecular flexibility index (Phi) is 4.76. The molecule has 1 N–H and O–H groups in total. The highest BCUT2D eigenvalue weighted by molar-refractivity contribution is 7.09. The second-order valence-electron chi connectivity index (χ2n) is 5.62. The predicted molar refractivity (Wildman–Crippen MR) is 95.7 cm³/mol. The zero-order chi connectivity index (χ0) is 17.1. The molecular weight excluding hydrogens is 320 g/mol. The number of rotatable bonds is 5. The van der Waals surface area contributed by atoms with Crippen molar-refractivity contribution >= 4 is 17.2 Å². The number of amides is 1. The SMILES string of the molecule is CCc1nc(C(C)NC(=O)c2cn(-c3ccccc3)nc2C)cs1. The van der Waals surface area contributed by atoms with Crippen LogP contribution in [0.1, 0.15) is 46.6 Å². The number of thiazole rings is 1. The number of para-hydroxylation sites is 1. The van der Waals surface area contributed by atoms with Gasteiger partial charge in [0.2, 0.25) is 0 Å². The smallest absolute Gasteiger partial charge is 0.255 e. The van der Waals surface area contributed by atoms with Crippen LogP contribution in [0.5, 0.6) is 0 Å². The minimum Gasteiger partial charge on any atom is -0.344 e. The highest BCUT2D eigenvalue weighted by atomic mass is 32.1. The van der Waals surface area contributed by atoms with E-state index in [4.69, 9.17) is 0 Å². The standard InChI is InChI=1S/C18H20N4OS/c1-4-17-20-16(11-24-17)13(3)19-18(23)15-10-22(21-12(15)2)14-8-6-5-7-9-14/h5-11,13H,4H2,1-3H3,(H,19,23). The molecule has 5 nitrogen and oxygen atoms in total. The van der Waals surface area contributed by atoms with Crippen molar-refractivity contribution in [2.75, 3.05) is 0 Å². The third-order valence-electron chi connectivity index (χ3n) is 3.83. The van der Waals surface area contributed by atoms with E-state index in [-0.39, 0.29) is 11.9 Å². The van der Waals surface area contributed by atoms with Gasteiger partial charge in [-0.15, -0.1) is 11.3 Å². The first-order valence-corrected chi connectivity index (χ1v) is 8.83. The van der Waals surface area contributed by atoms with Crippen molar-refractivity contribution in [3.8, 4) is 5.69 Å². The molecule has 0 fully saturated rings. The van der Waals surface area contributed by atoms with Gasteiger partial charge in [-0.25, -0.2) is 9.67 Å². The second-order valence-corrected chi connectivity index (χ2v) is 6.57. The minimum atomic E-state index is -0.131. The number of carbonyl (C=O) groups is 1. The van der Waals surface area contributed by atoms with E-state index in [1.807, 2.05) is 49.6 Å². The molecule has 3 aromatic rings. The molecular formula is C18H20N4OS. The minimum absolute atomic E-state index is 0.131. The topological polar surface area (TPSA) is 59.8 Å². The molecule has 2 aromatic heterocycles. The van der Waals surface area contributed by atoms with Gasteiger partial charge >= 0.3 is 0 Å². The first kappa shape index (κ1) is 16.4. The summed E-state index contributed by atoms with van der Waals surface area (Å²) < 4.78 is 1.73. The predicted octanol–water partition coefficient (Wildman–Crippen LogP) is 3.69. The Hall–Kier alpha value is -2.47. The van der Waals surface area contributed by atoms with Crippen molar-refractivity contribution in [3.63, 3.8) is 0 Å². The van der Waals surface area contributed by atoms with Crippen LogP contribution in [0, 0.1) is 6.92 Å². The van der Waals surface area contributed by atoms with Gasteiger partial charge in [0.1, 0.15) is 0 Å². The molecule has 1 atom stereocenters. The lowest BCUT2D eigenvalue weighted by atomic mass is 10.2. The molecule has 0 bridgehead atoms. The third-order valence-corrected chi connectivity index (χ3v) is 4.84. The highest BCUT2D eigenvalue weighted by Gasteiger charge is 2.18. The van der Waals surface area contributed by atoms with E-state index >= 15 is 0 Å². The fraction of sp³-hybridized carbons (Fsp3) is 0.278. The average Bonchev–Trinajstić information content (AvgIpc) is 3.22. The van der Waals surface area contributed by atoms with Crippen LogP contribution in [0.3, 0.4) is 0 Å². The fourth-order valence-corrected chi connectivity index (χ4v) is 3.27. The fourth-order valence-electron chi connectivity index (χ4n) is 2.43. The molecule has 0 aliphatic heterocycles. The van der Waals surface area contributed by atoms with Gasteiger partial charge in [0.25, 0.3) is 5.91 Å². The highest BCUT2D eigenvalue weighted by Crippen LogP contribution is 2.18. The average molecular weight is 340 g/mol. The summed E-state index contributed by atoms with van der Waals surface area (Å²) in [6, 6.07) is 9.63. The first-order valence-electron chi connectivity index (χ1n) is 7.95. The summed E-state index contributed by atoms with van der Waals surface area (Å²) in [5, 5.41) is 10.5. The van der Waals surface area contributed by atoms with Crippen LogP contribution in [-0.4, -0.2) is 20.7 Å². The molecule has 24 heavy (non-hydrogen) atoms. The number of hydrogen-bond donors (Lipinski definition) is 1. The van der Waals surface area contributed by atoms with Gasteiger partial charge in [-0.1, -0.05) is 25.1 Å². The van der Waals surface area contributed by atoms with Crippen LogP contribution < -0.4 is 5.32 Å². The molecule has 1 amide bonds. The molecule has 6 heteroatoms. The Balaban J connectivity index is 1.76. The van der Waals surface area contributed by atoms with Gasteiger partial charge in [0, 0.05) is 11.6 Å². The van der Waals surface area contributed by atoms with Gasteiger partial charge in [0.15, 0.2) is 0 Å². The van der Waals surface area contributed by atoms with Crippen molar-refractivity contribution in [2.24, 2.45) is 0 Å². The number of hydrogen-bond acceptors (Lipinski definition) is 4. The van der Waals surface area contributed by atoms with E-state index in [9.17, 15) is 4.79 Å². The van der Waals surface area contributed by atoms with Gasteiger partial charge < -0.3 is 5.32 Å². The number of benzene rings is 1. The molecule has 2 heterocycles. The number of aryl methyl sites for hydroxylation is 2. The number of nitrogens with zero attached hydrogens (tertiary/aromatic N) is 3. The molecule has 0 saturated heterocycles. The Bertz CT molecular complexity index is 838. The second kappa shape index (κ2) is 6.97. The lowest BCUT2D eigenvalue weighted by Crippen LogP contribution is -2.27. The normalized spacial score (nSPS) is 12.1. The van der Waals surface area contributed by atoms with Gasteiger partial charge in [-0.3, -0.25) is 4.79 Å². The summed E-state index contributed by atoms with van der Waals surface area (Å²) in [6.45, 7) is 5.87. The van der Waals surface area contributed by atoms with Crippen LogP contribution in [0.2, 0.25) is 0 Å². The van der Waals surface area contributed by atoms with Crippen LogP contribution in [0.25, 0.3) is 5.69 Å². The van der Waals surface area contributed by atoms with Gasteiger partial charge in [0.05, 0.1) is 33.7 Å². The van der Waals surface area contributed by atoms with Crippen LogP contribution in [0.15, 0.2) is 41.9 Å². The van der Waals surface area contributed by atoms with Crippen LogP contribution >= 0.6 is 11.3 Å². The van der Waals surface area contributed by atoms with Gasteiger partial charge in [-0.05, 0) is 32.4 Å². The number of aromatic nitrogens is 3. The summed E-state index contributed by atoms with van der Waals surface area (Å²) in [7, 11) is 0. The molecule has 0 saturated carbocycles.